The van der Waals surface area contributed by atoms with Crippen molar-refractivity contribution in [3.05, 3.63) is 30.1 Å². The maximum absolute atomic E-state index is 10.3. The Balaban J connectivity index is 2.54. The van der Waals surface area contributed by atoms with Gasteiger partial charge >= 0.3 is 0 Å². The van der Waals surface area contributed by atoms with Crippen LogP contribution >= 0.6 is 0 Å². The van der Waals surface area contributed by atoms with Crippen LogP contribution in [-0.4, -0.2) is 23.3 Å². The van der Waals surface area contributed by atoms with Crippen LogP contribution in [0.4, 0.5) is 0 Å². The van der Waals surface area contributed by atoms with Crippen molar-refractivity contribution in [2.75, 3.05) is 6.54 Å². The van der Waals surface area contributed by atoms with E-state index in [0.717, 1.165) is 0 Å². The smallest absolute Gasteiger partial charge is 0.257 e. The Morgan fingerprint density at radius 2 is 2.08 bits per heavy atom. The Hall–Kier alpha value is -1.91. The van der Waals surface area contributed by atoms with Gasteiger partial charge in [-0.2, -0.15) is 0 Å². The molecule has 0 saturated carbocycles. The van der Waals surface area contributed by atoms with Crippen LogP contribution in [0.15, 0.2) is 24.5 Å². The summed E-state index contributed by atoms with van der Waals surface area (Å²) in [6.07, 6.45) is 3.13. The molecule has 1 aromatic rings. The second-order valence-electron chi connectivity index (χ2n) is 2.39. The van der Waals surface area contributed by atoms with Gasteiger partial charge in [-0.3, -0.25) is 20.9 Å². The number of carbonyl (C=O) groups is 1. The predicted octanol–water partition coefficient (Wildman–Crippen LogP) is -0.194. The van der Waals surface area contributed by atoms with Gasteiger partial charge in [0.25, 0.3) is 5.91 Å². The van der Waals surface area contributed by atoms with E-state index in [-0.39, 0.29) is 12.4 Å². The molecule has 0 bridgehead atoms. The van der Waals surface area contributed by atoms with Crippen molar-refractivity contribution in [2.24, 2.45) is 0 Å². The molecule has 0 aliphatic rings. The average molecular weight is 177 g/mol. The fourth-order valence-corrected chi connectivity index (χ4v) is 0.789. The molecule has 0 aliphatic heterocycles. The van der Waals surface area contributed by atoms with Crippen LogP contribution in [0.5, 0.6) is 0 Å². The van der Waals surface area contributed by atoms with Crippen molar-refractivity contribution in [1.29, 1.82) is 5.41 Å². The monoisotopic (exact) mass is 177 g/mol. The summed E-state index contributed by atoms with van der Waals surface area (Å²) in [5.74, 6) is -0.609. The fourth-order valence-electron chi connectivity index (χ4n) is 0.789. The largest absolute Gasteiger partial charge is 0.361 e. The van der Waals surface area contributed by atoms with Gasteiger partial charge in [-0.15, -0.1) is 0 Å². The van der Waals surface area contributed by atoms with Gasteiger partial charge in [-0.25, -0.2) is 0 Å². The minimum atomic E-state index is -0.737. The molecule has 1 heterocycles. The van der Waals surface area contributed by atoms with Crippen LogP contribution in [0.1, 0.15) is 5.56 Å². The molecule has 0 fully saturated rings. The Kier molecular flexibility index (Phi) is 2.97. The van der Waals surface area contributed by atoms with Gasteiger partial charge in [0.05, 0.1) is 6.54 Å². The van der Waals surface area contributed by atoms with Gasteiger partial charge in [0, 0.05) is 18.0 Å². The summed E-state index contributed by atoms with van der Waals surface area (Å²) >= 11 is 0. The van der Waals surface area contributed by atoms with E-state index in [1.807, 2.05) is 0 Å². The lowest BCUT2D eigenvalue weighted by molar-refractivity contribution is -0.117. The summed E-state index contributed by atoms with van der Waals surface area (Å²) in [7, 11) is 0. The summed E-state index contributed by atoms with van der Waals surface area (Å²) in [5.41, 5.74) is 7.27. The minimum absolute atomic E-state index is 0.128. The minimum Gasteiger partial charge on any atom is -0.361 e. The van der Waals surface area contributed by atoms with Gasteiger partial charge in [-0.1, -0.05) is 0 Å². The lowest BCUT2D eigenvalue weighted by atomic mass is 10.2. The molecule has 0 aromatic carbocycles. The third-order valence-corrected chi connectivity index (χ3v) is 1.39. The molecule has 1 rings (SSSR count). The highest BCUT2D eigenvalue weighted by Gasteiger charge is 2.00. The predicted molar refractivity (Wildman–Crippen MR) is 47.2 cm³/mol. The van der Waals surface area contributed by atoms with Crippen LogP contribution in [0.3, 0.4) is 0 Å². The summed E-state index contributed by atoms with van der Waals surface area (Å²) < 4.78 is 0. The lowest BCUT2D eigenvalue weighted by Crippen LogP contribution is -2.29. The van der Waals surface area contributed by atoms with Gasteiger partial charge in [-0.05, 0) is 12.1 Å². The molecular weight excluding hydrogens is 168 g/mol. The van der Waals surface area contributed by atoms with E-state index >= 15 is 0 Å². The van der Waals surface area contributed by atoms with Crippen molar-refractivity contribution >= 4 is 11.7 Å². The first-order valence-corrected chi connectivity index (χ1v) is 3.67. The Morgan fingerprint density at radius 3 is 2.62 bits per heavy atom. The number of carbonyl (C=O) groups excluding carboxylic acids is 1. The van der Waals surface area contributed by atoms with Crippen LogP contribution in [-0.2, 0) is 4.79 Å². The number of aromatic nitrogens is 1. The molecule has 1 amide bonds. The first-order valence-electron chi connectivity index (χ1n) is 3.67. The first kappa shape index (κ1) is 9.18. The molecule has 67 valence electrons. The highest BCUT2D eigenvalue weighted by molar-refractivity contribution is 5.97. The SMILES string of the molecule is [NH]C(=O)CNC(=N)c1ccncc1. The fraction of sp³-hybridized carbons (Fsp3) is 0.125. The van der Waals surface area contributed by atoms with Crippen molar-refractivity contribution in [2.45, 2.75) is 0 Å². The molecule has 5 nitrogen and oxygen atoms in total. The van der Waals surface area contributed by atoms with Crippen LogP contribution in [0.2, 0.25) is 0 Å². The lowest BCUT2D eigenvalue weighted by Gasteiger charge is -2.04. The molecule has 13 heavy (non-hydrogen) atoms. The molecule has 0 aliphatic carbocycles. The average Bonchev–Trinajstić information content (AvgIpc) is 2.15. The summed E-state index contributed by atoms with van der Waals surface area (Å²) in [6.45, 7) is -0.138. The third kappa shape index (κ3) is 2.90. The quantitative estimate of drug-likeness (QED) is 0.495. The van der Waals surface area contributed by atoms with Gasteiger partial charge in [0.1, 0.15) is 5.84 Å². The van der Waals surface area contributed by atoms with Crippen molar-refractivity contribution < 1.29 is 4.79 Å². The molecule has 5 heteroatoms. The van der Waals surface area contributed by atoms with Gasteiger partial charge in [0.15, 0.2) is 0 Å². The summed E-state index contributed by atoms with van der Waals surface area (Å²) in [6, 6.07) is 3.31. The molecule has 1 aromatic heterocycles. The van der Waals surface area contributed by atoms with E-state index in [1.165, 1.54) is 0 Å². The Morgan fingerprint density at radius 1 is 1.46 bits per heavy atom. The zero-order chi connectivity index (χ0) is 9.68. The number of hydrogen-bond acceptors (Lipinski definition) is 3. The van der Waals surface area contributed by atoms with Crippen LogP contribution in [0.25, 0.3) is 0 Å². The number of nitrogens with one attached hydrogen (secondary N) is 3. The number of hydrogen-bond donors (Lipinski definition) is 2. The van der Waals surface area contributed by atoms with E-state index in [2.05, 4.69) is 10.3 Å². The normalized spacial score (nSPS) is 9.23. The van der Waals surface area contributed by atoms with E-state index in [1.54, 1.807) is 24.5 Å². The molecular formula is C8H9N4O. The number of pyridine rings is 1. The molecule has 0 saturated heterocycles. The van der Waals surface area contributed by atoms with E-state index in [9.17, 15) is 4.79 Å². The number of nitrogens with zero attached hydrogens (tertiary/aromatic N) is 1. The Labute approximate surface area is 75.5 Å². The summed E-state index contributed by atoms with van der Waals surface area (Å²) in [4.78, 5) is 14.1. The molecule has 0 spiro atoms. The van der Waals surface area contributed by atoms with Crippen LogP contribution in [0, 0.1) is 5.41 Å². The first-order chi connectivity index (χ1) is 6.20. The highest BCUT2D eigenvalue weighted by atomic mass is 16.1. The van der Waals surface area contributed by atoms with Crippen molar-refractivity contribution in [3.8, 4) is 0 Å². The maximum atomic E-state index is 10.3. The summed E-state index contributed by atoms with van der Waals surface area (Å²) in [5, 5.41) is 9.97. The van der Waals surface area contributed by atoms with E-state index in [0.29, 0.717) is 5.56 Å². The zero-order valence-corrected chi connectivity index (χ0v) is 6.87. The number of amidine groups is 1. The second-order valence-corrected chi connectivity index (χ2v) is 2.39. The van der Waals surface area contributed by atoms with Crippen LogP contribution < -0.4 is 11.1 Å². The van der Waals surface area contributed by atoms with E-state index < -0.39 is 5.91 Å². The molecule has 1 radical (unpaired) electrons. The molecule has 0 atom stereocenters. The molecule has 0 unspecified atom stereocenters. The Bertz CT molecular complexity index is 309. The number of rotatable bonds is 3. The van der Waals surface area contributed by atoms with E-state index in [4.69, 9.17) is 11.1 Å². The topological polar surface area (TPSA) is 89.6 Å². The van der Waals surface area contributed by atoms with Gasteiger partial charge in [0.2, 0.25) is 0 Å². The number of amides is 1. The maximum Gasteiger partial charge on any atom is 0.257 e. The van der Waals surface area contributed by atoms with Crippen molar-refractivity contribution in [1.82, 2.24) is 16.0 Å². The van der Waals surface area contributed by atoms with Crippen molar-refractivity contribution in [3.63, 3.8) is 0 Å². The second kappa shape index (κ2) is 4.20. The van der Waals surface area contributed by atoms with Gasteiger partial charge < -0.3 is 5.32 Å². The third-order valence-electron chi connectivity index (χ3n) is 1.39. The zero-order valence-electron chi connectivity index (χ0n) is 6.87. The highest BCUT2D eigenvalue weighted by Crippen LogP contribution is 1.94. The standard InChI is InChI=1S/C8H9N4O/c9-7(13)5-12-8(10)6-1-3-11-4-2-6/h1-4,9H,5H2,(H2,10,12). The molecule has 3 N–H and O–H groups in total.